The van der Waals surface area contributed by atoms with Gasteiger partial charge in [-0.3, -0.25) is 4.79 Å². The zero-order chi connectivity index (χ0) is 14.4. The maximum Gasteiger partial charge on any atom is 0.253 e. The lowest BCUT2D eigenvalue weighted by Crippen LogP contribution is -2.24. The van der Waals surface area contributed by atoms with Gasteiger partial charge in [0.25, 0.3) is 5.91 Å². The molecule has 0 aliphatic carbocycles. The average Bonchev–Trinajstić information content (AvgIpc) is 2.48. The molecule has 0 saturated carbocycles. The van der Waals surface area contributed by atoms with Crippen LogP contribution in [0.3, 0.4) is 0 Å². The van der Waals surface area contributed by atoms with E-state index in [2.05, 4.69) is 10.6 Å². The van der Waals surface area contributed by atoms with Crippen LogP contribution in [0.15, 0.2) is 48.5 Å². The molecule has 4 heteroatoms. The van der Waals surface area contributed by atoms with E-state index in [-0.39, 0.29) is 11.6 Å². The van der Waals surface area contributed by atoms with Crippen LogP contribution in [0, 0.1) is 5.82 Å². The van der Waals surface area contributed by atoms with Gasteiger partial charge in [0.2, 0.25) is 0 Å². The van der Waals surface area contributed by atoms with Crippen molar-refractivity contribution in [2.45, 2.75) is 13.5 Å². The topological polar surface area (TPSA) is 41.1 Å². The van der Waals surface area contributed by atoms with E-state index in [9.17, 15) is 9.18 Å². The van der Waals surface area contributed by atoms with Crippen LogP contribution in [0.5, 0.6) is 0 Å². The van der Waals surface area contributed by atoms with Crippen molar-refractivity contribution in [3.05, 3.63) is 65.5 Å². The van der Waals surface area contributed by atoms with E-state index in [0.29, 0.717) is 18.7 Å². The van der Waals surface area contributed by atoms with Crippen molar-refractivity contribution >= 4 is 11.6 Å². The van der Waals surface area contributed by atoms with Crippen LogP contribution in [-0.2, 0) is 6.54 Å². The third-order valence-electron chi connectivity index (χ3n) is 2.91. The predicted molar refractivity (Wildman–Crippen MR) is 78.2 cm³/mol. The van der Waals surface area contributed by atoms with Crippen LogP contribution in [-0.4, -0.2) is 12.5 Å². The number of para-hydroxylation sites is 1. The van der Waals surface area contributed by atoms with Crippen molar-refractivity contribution in [2.75, 3.05) is 11.9 Å². The van der Waals surface area contributed by atoms with Crippen molar-refractivity contribution in [3.8, 4) is 0 Å². The number of nitrogens with one attached hydrogen (secondary N) is 2. The lowest BCUT2D eigenvalue weighted by molar-refractivity contribution is 0.0951. The van der Waals surface area contributed by atoms with Crippen LogP contribution < -0.4 is 10.6 Å². The zero-order valence-electron chi connectivity index (χ0n) is 11.3. The van der Waals surface area contributed by atoms with Gasteiger partial charge >= 0.3 is 0 Å². The van der Waals surface area contributed by atoms with E-state index >= 15 is 0 Å². The summed E-state index contributed by atoms with van der Waals surface area (Å²) >= 11 is 0. The van der Waals surface area contributed by atoms with Gasteiger partial charge in [-0.25, -0.2) is 4.39 Å². The summed E-state index contributed by atoms with van der Waals surface area (Å²) in [7, 11) is 0. The summed E-state index contributed by atoms with van der Waals surface area (Å²) < 4.78 is 13.7. The highest BCUT2D eigenvalue weighted by molar-refractivity contribution is 5.99. The predicted octanol–water partition coefficient (Wildman–Crippen LogP) is 3.19. The molecule has 2 aromatic rings. The molecule has 0 bridgehead atoms. The van der Waals surface area contributed by atoms with Crippen molar-refractivity contribution in [3.63, 3.8) is 0 Å². The molecule has 0 radical (unpaired) electrons. The molecule has 20 heavy (non-hydrogen) atoms. The van der Waals surface area contributed by atoms with Gasteiger partial charge in [-0.2, -0.15) is 0 Å². The molecule has 0 heterocycles. The molecular weight excluding hydrogens is 255 g/mol. The first kappa shape index (κ1) is 14.1. The van der Waals surface area contributed by atoms with Crippen LogP contribution in [0.2, 0.25) is 0 Å². The molecule has 0 spiro atoms. The molecule has 0 saturated heterocycles. The van der Waals surface area contributed by atoms with Gasteiger partial charge in [0, 0.05) is 13.1 Å². The van der Waals surface area contributed by atoms with E-state index in [1.165, 1.54) is 12.1 Å². The fourth-order valence-electron chi connectivity index (χ4n) is 1.94. The fourth-order valence-corrected chi connectivity index (χ4v) is 1.94. The first-order valence-corrected chi connectivity index (χ1v) is 6.57. The van der Waals surface area contributed by atoms with Gasteiger partial charge in [0.05, 0.1) is 11.3 Å². The first-order valence-electron chi connectivity index (χ1n) is 6.57. The summed E-state index contributed by atoms with van der Waals surface area (Å²) in [5.74, 6) is -0.705. The number of carbonyl (C=O) groups is 1. The SMILES string of the molecule is CCNc1c(F)cccc1C(=O)NCc1ccccc1. The average molecular weight is 272 g/mol. The monoisotopic (exact) mass is 272 g/mol. The van der Waals surface area contributed by atoms with E-state index in [4.69, 9.17) is 0 Å². The quantitative estimate of drug-likeness (QED) is 0.877. The fraction of sp³-hybridized carbons (Fsp3) is 0.188. The number of carbonyl (C=O) groups excluding carboxylic acids is 1. The normalized spacial score (nSPS) is 10.1. The standard InChI is InChI=1S/C16H17FN2O/c1-2-18-15-13(9-6-10-14(15)17)16(20)19-11-12-7-4-3-5-8-12/h3-10,18H,2,11H2,1H3,(H,19,20). The highest BCUT2D eigenvalue weighted by Crippen LogP contribution is 2.19. The summed E-state index contributed by atoms with van der Waals surface area (Å²) in [5, 5.41) is 5.68. The number of hydrogen-bond donors (Lipinski definition) is 2. The van der Waals surface area contributed by atoms with Crippen LogP contribution in [0.25, 0.3) is 0 Å². The number of halogens is 1. The molecule has 2 aromatic carbocycles. The molecule has 0 aromatic heterocycles. The maximum atomic E-state index is 13.7. The Morgan fingerprint density at radius 2 is 1.85 bits per heavy atom. The number of anilines is 1. The zero-order valence-corrected chi connectivity index (χ0v) is 11.3. The van der Waals surface area contributed by atoms with Gasteiger partial charge in [-0.05, 0) is 24.6 Å². The Kier molecular flexibility index (Phi) is 4.71. The van der Waals surface area contributed by atoms with Crippen molar-refractivity contribution in [1.29, 1.82) is 0 Å². The van der Waals surface area contributed by atoms with E-state index < -0.39 is 5.82 Å². The number of hydrogen-bond acceptors (Lipinski definition) is 2. The minimum atomic E-state index is -0.417. The molecule has 0 atom stereocenters. The highest BCUT2D eigenvalue weighted by atomic mass is 19.1. The minimum absolute atomic E-state index is 0.251. The minimum Gasteiger partial charge on any atom is -0.382 e. The van der Waals surface area contributed by atoms with Gasteiger partial charge in [0.15, 0.2) is 0 Å². The third-order valence-corrected chi connectivity index (χ3v) is 2.91. The maximum absolute atomic E-state index is 13.7. The molecule has 3 nitrogen and oxygen atoms in total. The van der Waals surface area contributed by atoms with Gasteiger partial charge in [0.1, 0.15) is 5.82 Å². The smallest absolute Gasteiger partial charge is 0.253 e. The molecular formula is C16H17FN2O. The molecule has 0 aliphatic heterocycles. The van der Waals surface area contributed by atoms with Crippen molar-refractivity contribution in [1.82, 2.24) is 5.32 Å². The Bertz CT molecular complexity index is 584. The molecule has 2 rings (SSSR count). The Balaban J connectivity index is 2.11. The molecule has 0 aliphatic rings. The van der Waals surface area contributed by atoms with Crippen molar-refractivity contribution in [2.24, 2.45) is 0 Å². The molecule has 0 unspecified atom stereocenters. The number of amides is 1. The third kappa shape index (κ3) is 3.35. The Morgan fingerprint density at radius 1 is 1.10 bits per heavy atom. The lowest BCUT2D eigenvalue weighted by Gasteiger charge is -2.12. The molecule has 1 amide bonds. The van der Waals surface area contributed by atoms with E-state index in [0.717, 1.165) is 5.56 Å². The van der Waals surface area contributed by atoms with E-state index in [1.807, 2.05) is 37.3 Å². The summed E-state index contributed by atoms with van der Waals surface area (Å²) in [4.78, 5) is 12.1. The van der Waals surface area contributed by atoms with Gasteiger partial charge < -0.3 is 10.6 Å². The number of rotatable bonds is 5. The largest absolute Gasteiger partial charge is 0.382 e. The van der Waals surface area contributed by atoms with Gasteiger partial charge in [-0.1, -0.05) is 36.4 Å². The summed E-state index contributed by atoms with van der Waals surface area (Å²) in [6.07, 6.45) is 0. The van der Waals surface area contributed by atoms with Crippen LogP contribution >= 0.6 is 0 Å². The van der Waals surface area contributed by atoms with Gasteiger partial charge in [-0.15, -0.1) is 0 Å². The molecule has 104 valence electrons. The second-order valence-electron chi connectivity index (χ2n) is 4.36. The van der Waals surface area contributed by atoms with Crippen LogP contribution in [0.4, 0.5) is 10.1 Å². The van der Waals surface area contributed by atoms with E-state index in [1.54, 1.807) is 6.07 Å². The summed E-state index contributed by atoms with van der Waals surface area (Å²) in [6.45, 7) is 2.83. The molecule has 2 N–H and O–H groups in total. The first-order chi connectivity index (χ1) is 9.72. The Morgan fingerprint density at radius 3 is 2.55 bits per heavy atom. The second-order valence-corrected chi connectivity index (χ2v) is 4.36. The number of benzene rings is 2. The Labute approximate surface area is 117 Å². The molecule has 0 fully saturated rings. The highest BCUT2D eigenvalue weighted by Gasteiger charge is 2.14. The van der Waals surface area contributed by atoms with Crippen molar-refractivity contribution < 1.29 is 9.18 Å². The second kappa shape index (κ2) is 6.70. The van der Waals surface area contributed by atoms with Crippen LogP contribution in [0.1, 0.15) is 22.8 Å². The Hall–Kier alpha value is -2.36. The lowest BCUT2D eigenvalue weighted by atomic mass is 10.1. The summed E-state index contributed by atoms with van der Waals surface area (Å²) in [6, 6.07) is 14.1. The summed E-state index contributed by atoms with van der Waals surface area (Å²) in [5.41, 5.74) is 1.57.